The number of hydrogen-bond donors (Lipinski definition) is 0. The van der Waals surface area contributed by atoms with Gasteiger partial charge in [0.1, 0.15) is 0 Å². The van der Waals surface area contributed by atoms with E-state index in [0.29, 0.717) is 11.5 Å². The first-order chi connectivity index (χ1) is 11.3. The zero-order valence-electron chi connectivity index (χ0n) is 13.1. The number of likely N-dealkylation sites (tertiary alicyclic amines) is 1. The van der Waals surface area contributed by atoms with Gasteiger partial charge >= 0.3 is 0 Å². The fourth-order valence-electron chi connectivity index (χ4n) is 3.42. The number of para-hydroxylation sites is 1. The number of anilines is 2. The first kappa shape index (κ1) is 14.2. The van der Waals surface area contributed by atoms with E-state index >= 15 is 0 Å². The van der Waals surface area contributed by atoms with Gasteiger partial charge in [0.05, 0.1) is 5.56 Å². The second-order valence-electron chi connectivity index (χ2n) is 6.15. The number of nitrogens with zero attached hydrogens (tertiary/aromatic N) is 4. The Bertz CT molecular complexity index is 707. The van der Waals surface area contributed by atoms with Crippen LogP contribution in [0, 0.1) is 0 Å². The van der Waals surface area contributed by atoms with E-state index in [1.54, 1.807) is 12.4 Å². The molecule has 0 unspecified atom stereocenters. The molecule has 0 saturated carbocycles. The van der Waals surface area contributed by atoms with Gasteiger partial charge in [-0.3, -0.25) is 4.79 Å². The van der Waals surface area contributed by atoms with Crippen molar-refractivity contribution in [3.63, 3.8) is 0 Å². The molecule has 0 spiro atoms. The van der Waals surface area contributed by atoms with E-state index in [2.05, 4.69) is 33.1 Å². The summed E-state index contributed by atoms with van der Waals surface area (Å²) in [6.45, 7) is 2.61. The summed E-state index contributed by atoms with van der Waals surface area (Å²) in [5, 5.41) is 0. The predicted molar refractivity (Wildman–Crippen MR) is 88.9 cm³/mol. The van der Waals surface area contributed by atoms with Gasteiger partial charge in [0.15, 0.2) is 0 Å². The molecule has 3 heterocycles. The maximum atomic E-state index is 12.4. The SMILES string of the molecule is O=C(c1cnc(N2CCCc3ccccc32)nc1)N1CCCC1. The lowest BCUT2D eigenvalue weighted by molar-refractivity contribution is 0.0792. The van der Waals surface area contributed by atoms with E-state index in [9.17, 15) is 4.79 Å². The number of aromatic nitrogens is 2. The third-order valence-electron chi connectivity index (χ3n) is 4.63. The molecular formula is C18H20N4O. The molecule has 2 aliphatic rings. The molecule has 0 aliphatic carbocycles. The van der Waals surface area contributed by atoms with Gasteiger partial charge in [0.2, 0.25) is 5.95 Å². The van der Waals surface area contributed by atoms with Crippen molar-refractivity contribution >= 4 is 17.5 Å². The standard InChI is InChI=1S/C18H20N4O/c23-17(21-9-3-4-10-21)15-12-19-18(20-13-15)22-11-5-7-14-6-1-2-8-16(14)22/h1-2,6,8,12-13H,3-5,7,9-11H2. The average Bonchev–Trinajstić information content (AvgIpc) is 3.15. The molecule has 0 bridgehead atoms. The zero-order valence-corrected chi connectivity index (χ0v) is 13.1. The molecule has 1 saturated heterocycles. The van der Waals surface area contributed by atoms with Crippen molar-refractivity contribution in [1.82, 2.24) is 14.9 Å². The summed E-state index contributed by atoms with van der Waals surface area (Å²) in [5.74, 6) is 0.725. The summed E-state index contributed by atoms with van der Waals surface area (Å²) in [4.78, 5) is 25.3. The van der Waals surface area contributed by atoms with Crippen molar-refractivity contribution in [3.05, 3.63) is 47.8 Å². The van der Waals surface area contributed by atoms with Crippen molar-refractivity contribution in [2.24, 2.45) is 0 Å². The lowest BCUT2D eigenvalue weighted by Crippen LogP contribution is -2.29. The number of amides is 1. The minimum absolute atomic E-state index is 0.0492. The van der Waals surface area contributed by atoms with Crippen molar-refractivity contribution in [2.45, 2.75) is 25.7 Å². The van der Waals surface area contributed by atoms with Crippen LogP contribution in [0.1, 0.15) is 35.2 Å². The molecule has 1 aromatic carbocycles. The third-order valence-corrected chi connectivity index (χ3v) is 4.63. The monoisotopic (exact) mass is 308 g/mol. The molecule has 23 heavy (non-hydrogen) atoms. The highest BCUT2D eigenvalue weighted by Gasteiger charge is 2.22. The molecule has 5 heteroatoms. The highest BCUT2D eigenvalue weighted by molar-refractivity contribution is 5.93. The van der Waals surface area contributed by atoms with Gasteiger partial charge in [-0.15, -0.1) is 0 Å². The van der Waals surface area contributed by atoms with Crippen LogP contribution < -0.4 is 4.90 Å². The smallest absolute Gasteiger partial charge is 0.256 e. The highest BCUT2D eigenvalue weighted by Crippen LogP contribution is 2.31. The van der Waals surface area contributed by atoms with Crippen molar-refractivity contribution in [3.8, 4) is 0 Å². The number of hydrogen-bond acceptors (Lipinski definition) is 4. The van der Waals surface area contributed by atoms with E-state index in [-0.39, 0.29) is 5.91 Å². The minimum Gasteiger partial charge on any atom is -0.339 e. The molecule has 0 atom stereocenters. The molecule has 118 valence electrons. The summed E-state index contributed by atoms with van der Waals surface area (Å²) in [6, 6.07) is 8.39. The van der Waals surface area contributed by atoms with Crippen molar-refractivity contribution in [2.75, 3.05) is 24.5 Å². The summed E-state index contributed by atoms with van der Waals surface area (Å²) in [5.41, 5.74) is 3.10. The Kier molecular flexibility index (Phi) is 3.69. The number of benzene rings is 1. The summed E-state index contributed by atoms with van der Waals surface area (Å²) in [7, 11) is 0. The van der Waals surface area contributed by atoms with Crippen LogP contribution >= 0.6 is 0 Å². The predicted octanol–water partition coefficient (Wildman–Crippen LogP) is 2.80. The fraction of sp³-hybridized carbons (Fsp3) is 0.389. The van der Waals surface area contributed by atoms with E-state index in [0.717, 1.165) is 45.3 Å². The van der Waals surface area contributed by atoms with Crippen molar-refractivity contribution < 1.29 is 4.79 Å². The summed E-state index contributed by atoms with van der Waals surface area (Å²) < 4.78 is 0. The third kappa shape index (κ3) is 2.67. The molecule has 1 amide bonds. The number of carbonyl (C=O) groups excluding carboxylic acids is 1. The van der Waals surface area contributed by atoms with Gasteiger partial charge in [0.25, 0.3) is 5.91 Å². The molecule has 1 fully saturated rings. The Labute approximate surface area is 136 Å². The van der Waals surface area contributed by atoms with E-state index in [1.165, 1.54) is 11.3 Å². The maximum absolute atomic E-state index is 12.4. The normalized spacial score (nSPS) is 17.2. The van der Waals surface area contributed by atoms with Gasteiger partial charge in [-0.1, -0.05) is 18.2 Å². The van der Waals surface area contributed by atoms with Crippen LogP contribution in [0.15, 0.2) is 36.7 Å². The van der Waals surface area contributed by atoms with Crippen LogP contribution in [0.5, 0.6) is 0 Å². The van der Waals surface area contributed by atoms with Gasteiger partial charge < -0.3 is 9.80 Å². The van der Waals surface area contributed by atoms with Crippen LogP contribution in [0.25, 0.3) is 0 Å². The highest BCUT2D eigenvalue weighted by atomic mass is 16.2. The van der Waals surface area contributed by atoms with Gasteiger partial charge in [-0.25, -0.2) is 9.97 Å². The molecular weight excluding hydrogens is 288 g/mol. The Morgan fingerprint density at radius 1 is 0.957 bits per heavy atom. The largest absolute Gasteiger partial charge is 0.339 e. The second kappa shape index (κ2) is 5.99. The number of aryl methyl sites for hydroxylation is 1. The molecule has 0 radical (unpaired) electrons. The first-order valence-electron chi connectivity index (χ1n) is 8.30. The maximum Gasteiger partial charge on any atom is 0.256 e. The number of rotatable bonds is 2. The minimum atomic E-state index is 0.0492. The van der Waals surface area contributed by atoms with E-state index in [4.69, 9.17) is 0 Å². The van der Waals surface area contributed by atoms with E-state index in [1.807, 2.05) is 11.0 Å². The Morgan fingerprint density at radius 2 is 1.70 bits per heavy atom. The van der Waals surface area contributed by atoms with Crippen LogP contribution in [0.2, 0.25) is 0 Å². The zero-order chi connectivity index (χ0) is 15.6. The molecule has 2 aromatic rings. The molecule has 0 N–H and O–H groups in total. The van der Waals surface area contributed by atoms with Gasteiger partial charge in [-0.05, 0) is 37.3 Å². The molecule has 4 rings (SSSR count). The Balaban J connectivity index is 1.58. The quantitative estimate of drug-likeness (QED) is 0.856. The molecule has 5 nitrogen and oxygen atoms in total. The summed E-state index contributed by atoms with van der Waals surface area (Å²) >= 11 is 0. The lowest BCUT2D eigenvalue weighted by atomic mass is 10.0. The number of fused-ring (bicyclic) bond motifs is 1. The van der Waals surface area contributed by atoms with E-state index < -0.39 is 0 Å². The van der Waals surface area contributed by atoms with Gasteiger partial charge in [-0.2, -0.15) is 0 Å². The van der Waals surface area contributed by atoms with Gasteiger partial charge in [0, 0.05) is 37.7 Å². The summed E-state index contributed by atoms with van der Waals surface area (Å²) in [6.07, 6.45) is 7.71. The number of carbonyl (C=O) groups is 1. The van der Waals surface area contributed by atoms with Crippen molar-refractivity contribution in [1.29, 1.82) is 0 Å². The second-order valence-corrected chi connectivity index (χ2v) is 6.15. The van der Waals surface area contributed by atoms with Crippen LogP contribution in [-0.2, 0) is 6.42 Å². The lowest BCUT2D eigenvalue weighted by Gasteiger charge is -2.29. The van der Waals surface area contributed by atoms with Crippen LogP contribution in [0.4, 0.5) is 11.6 Å². The molecule has 1 aromatic heterocycles. The first-order valence-corrected chi connectivity index (χ1v) is 8.30. The Morgan fingerprint density at radius 3 is 2.48 bits per heavy atom. The Hall–Kier alpha value is -2.43. The fourth-order valence-corrected chi connectivity index (χ4v) is 3.42. The van der Waals surface area contributed by atoms with Crippen LogP contribution in [0.3, 0.4) is 0 Å². The average molecular weight is 308 g/mol. The molecule has 2 aliphatic heterocycles. The topological polar surface area (TPSA) is 49.3 Å². The van der Waals surface area contributed by atoms with Crippen LogP contribution in [-0.4, -0.2) is 40.4 Å².